The third-order valence-electron chi connectivity index (χ3n) is 3.29. The molecule has 0 amide bonds. The largest absolute Gasteiger partial charge is 0.393 e. The molecule has 0 aromatic carbocycles. The third kappa shape index (κ3) is 4.39. The Morgan fingerprint density at radius 3 is 2.62 bits per heavy atom. The second-order valence-electron chi connectivity index (χ2n) is 4.77. The summed E-state index contributed by atoms with van der Waals surface area (Å²) in [6.07, 6.45) is 2.80. The molecule has 3 unspecified atom stereocenters. The van der Waals surface area contributed by atoms with Crippen molar-refractivity contribution in [2.75, 3.05) is 18.1 Å². The highest BCUT2D eigenvalue weighted by molar-refractivity contribution is 7.91. The third-order valence-corrected chi connectivity index (χ3v) is 5.18. The Bertz CT molecular complexity index is 302. The van der Waals surface area contributed by atoms with Gasteiger partial charge in [-0.05, 0) is 25.7 Å². The molecule has 96 valence electrons. The minimum atomic E-state index is -2.90. The SMILES string of the molecule is CCS(=O)(=O)CC(C)NCC1CCCC1O. The summed E-state index contributed by atoms with van der Waals surface area (Å²) in [6.45, 7) is 4.28. The van der Waals surface area contributed by atoms with Gasteiger partial charge in [0, 0.05) is 18.3 Å². The fourth-order valence-corrected chi connectivity index (χ4v) is 3.28. The zero-order chi connectivity index (χ0) is 12.2. The van der Waals surface area contributed by atoms with Crippen molar-refractivity contribution in [1.82, 2.24) is 5.32 Å². The summed E-state index contributed by atoms with van der Waals surface area (Å²) in [5.41, 5.74) is 0. The second kappa shape index (κ2) is 5.98. The van der Waals surface area contributed by atoms with Gasteiger partial charge in [-0.3, -0.25) is 0 Å². The first-order valence-electron chi connectivity index (χ1n) is 6.06. The molecular formula is C11H23NO3S. The fourth-order valence-electron chi connectivity index (χ4n) is 2.17. The van der Waals surface area contributed by atoms with Gasteiger partial charge in [0.2, 0.25) is 0 Å². The Morgan fingerprint density at radius 2 is 2.12 bits per heavy atom. The van der Waals surface area contributed by atoms with Crippen molar-refractivity contribution >= 4 is 9.84 Å². The normalized spacial score (nSPS) is 28.2. The molecule has 1 fully saturated rings. The molecule has 1 aliphatic rings. The van der Waals surface area contributed by atoms with E-state index >= 15 is 0 Å². The highest BCUT2D eigenvalue weighted by Gasteiger charge is 2.25. The van der Waals surface area contributed by atoms with Crippen LogP contribution in [-0.4, -0.2) is 43.7 Å². The second-order valence-corrected chi connectivity index (χ2v) is 7.16. The summed E-state index contributed by atoms with van der Waals surface area (Å²) in [5.74, 6) is 0.684. The van der Waals surface area contributed by atoms with Gasteiger partial charge < -0.3 is 10.4 Å². The van der Waals surface area contributed by atoms with Gasteiger partial charge in [-0.2, -0.15) is 0 Å². The molecule has 0 aromatic heterocycles. The maximum Gasteiger partial charge on any atom is 0.151 e. The summed E-state index contributed by atoms with van der Waals surface area (Å²) in [5, 5.41) is 12.8. The molecule has 1 rings (SSSR count). The molecule has 3 atom stereocenters. The first-order chi connectivity index (χ1) is 7.44. The lowest BCUT2D eigenvalue weighted by Gasteiger charge is -2.19. The van der Waals surface area contributed by atoms with Crippen molar-refractivity contribution in [3.63, 3.8) is 0 Å². The Labute approximate surface area is 98.4 Å². The van der Waals surface area contributed by atoms with Crippen LogP contribution in [0.3, 0.4) is 0 Å². The van der Waals surface area contributed by atoms with E-state index in [2.05, 4.69) is 5.32 Å². The quantitative estimate of drug-likeness (QED) is 0.722. The van der Waals surface area contributed by atoms with Crippen LogP contribution in [0.15, 0.2) is 0 Å². The van der Waals surface area contributed by atoms with Gasteiger partial charge in [0.05, 0.1) is 11.9 Å². The van der Waals surface area contributed by atoms with Crippen LogP contribution in [0.5, 0.6) is 0 Å². The van der Waals surface area contributed by atoms with Crippen molar-refractivity contribution in [3.05, 3.63) is 0 Å². The molecule has 1 saturated carbocycles. The van der Waals surface area contributed by atoms with Gasteiger partial charge >= 0.3 is 0 Å². The fraction of sp³-hybridized carbons (Fsp3) is 1.00. The molecule has 5 heteroatoms. The minimum absolute atomic E-state index is 0.0299. The van der Waals surface area contributed by atoms with Crippen LogP contribution in [-0.2, 0) is 9.84 Å². The molecule has 0 aliphatic heterocycles. The highest BCUT2D eigenvalue weighted by Crippen LogP contribution is 2.24. The number of aliphatic hydroxyl groups is 1. The Hall–Kier alpha value is -0.130. The van der Waals surface area contributed by atoms with Crippen LogP contribution in [0.1, 0.15) is 33.1 Å². The van der Waals surface area contributed by atoms with E-state index in [1.54, 1.807) is 6.92 Å². The summed E-state index contributed by atoms with van der Waals surface area (Å²) >= 11 is 0. The van der Waals surface area contributed by atoms with Crippen molar-refractivity contribution < 1.29 is 13.5 Å². The topological polar surface area (TPSA) is 66.4 Å². The zero-order valence-corrected chi connectivity index (χ0v) is 11.0. The molecule has 2 N–H and O–H groups in total. The Morgan fingerprint density at radius 1 is 1.44 bits per heavy atom. The molecule has 16 heavy (non-hydrogen) atoms. The lowest BCUT2D eigenvalue weighted by Crippen LogP contribution is -2.38. The van der Waals surface area contributed by atoms with Crippen LogP contribution in [0.2, 0.25) is 0 Å². The summed E-state index contributed by atoms with van der Waals surface area (Å²) < 4.78 is 22.8. The predicted molar refractivity (Wildman–Crippen MR) is 65.1 cm³/mol. The van der Waals surface area contributed by atoms with Gasteiger partial charge in [-0.1, -0.05) is 13.3 Å². The van der Waals surface area contributed by atoms with Gasteiger partial charge in [0.1, 0.15) is 0 Å². The van der Waals surface area contributed by atoms with E-state index < -0.39 is 9.84 Å². The van der Waals surface area contributed by atoms with Crippen LogP contribution in [0.25, 0.3) is 0 Å². The minimum Gasteiger partial charge on any atom is -0.393 e. The molecule has 0 radical (unpaired) electrons. The molecular weight excluding hydrogens is 226 g/mol. The number of rotatable bonds is 6. The van der Waals surface area contributed by atoms with E-state index in [0.29, 0.717) is 5.92 Å². The molecule has 0 bridgehead atoms. The van der Waals surface area contributed by atoms with Crippen LogP contribution in [0.4, 0.5) is 0 Å². The summed E-state index contributed by atoms with van der Waals surface area (Å²) in [6, 6.07) is -0.0299. The van der Waals surface area contributed by atoms with E-state index in [4.69, 9.17) is 0 Å². The van der Waals surface area contributed by atoms with Gasteiger partial charge in [-0.25, -0.2) is 8.42 Å². The van der Waals surface area contributed by atoms with Crippen molar-refractivity contribution in [3.8, 4) is 0 Å². The Kier molecular flexibility index (Phi) is 5.21. The highest BCUT2D eigenvalue weighted by atomic mass is 32.2. The van der Waals surface area contributed by atoms with E-state index in [0.717, 1.165) is 25.8 Å². The molecule has 4 nitrogen and oxygen atoms in total. The lowest BCUT2D eigenvalue weighted by molar-refractivity contribution is 0.130. The lowest BCUT2D eigenvalue weighted by atomic mass is 10.1. The van der Waals surface area contributed by atoms with Crippen molar-refractivity contribution in [2.24, 2.45) is 5.92 Å². The molecule has 1 aliphatic carbocycles. The molecule has 0 saturated heterocycles. The smallest absolute Gasteiger partial charge is 0.151 e. The number of hydrogen-bond acceptors (Lipinski definition) is 4. The van der Waals surface area contributed by atoms with E-state index in [9.17, 15) is 13.5 Å². The van der Waals surface area contributed by atoms with E-state index in [1.807, 2.05) is 6.92 Å². The van der Waals surface area contributed by atoms with Crippen LogP contribution in [0, 0.1) is 5.92 Å². The zero-order valence-electron chi connectivity index (χ0n) is 10.1. The molecule has 0 spiro atoms. The van der Waals surface area contributed by atoms with Gasteiger partial charge in [-0.15, -0.1) is 0 Å². The van der Waals surface area contributed by atoms with E-state index in [1.165, 1.54) is 0 Å². The maximum absolute atomic E-state index is 11.4. The summed E-state index contributed by atoms with van der Waals surface area (Å²) in [7, 11) is -2.90. The van der Waals surface area contributed by atoms with E-state index in [-0.39, 0.29) is 23.7 Å². The van der Waals surface area contributed by atoms with Crippen LogP contribution < -0.4 is 5.32 Å². The molecule has 0 aromatic rings. The Balaban J connectivity index is 2.27. The monoisotopic (exact) mass is 249 g/mol. The maximum atomic E-state index is 11.4. The predicted octanol–water partition coefficient (Wildman–Crippen LogP) is 0.560. The van der Waals surface area contributed by atoms with Gasteiger partial charge in [0.15, 0.2) is 9.84 Å². The standard InChI is InChI=1S/C11H23NO3S/c1-3-16(14,15)8-9(2)12-7-10-5-4-6-11(10)13/h9-13H,3-8H2,1-2H3. The molecule has 0 heterocycles. The summed E-state index contributed by atoms with van der Waals surface area (Å²) in [4.78, 5) is 0. The van der Waals surface area contributed by atoms with Crippen LogP contribution >= 0.6 is 0 Å². The first-order valence-corrected chi connectivity index (χ1v) is 7.88. The van der Waals surface area contributed by atoms with Gasteiger partial charge in [0.25, 0.3) is 0 Å². The average molecular weight is 249 g/mol. The number of nitrogens with one attached hydrogen (secondary N) is 1. The van der Waals surface area contributed by atoms with Crippen molar-refractivity contribution in [2.45, 2.75) is 45.3 Å². The number of sulfone groups is 1. The number of hydrogen-bond donors (Lipinski definition) is 2. The average Bonchev–Trinajstić information content (AvgIpc) is 2.60. The first kappa shape index (κ1) is 13.9. The number of aliphatic hydroxyl groups excluding tert-OH is 1. The van der Waals surface area contributed by atoms with Crippen molar-refractivity contribution in [1.29, 1.82) is 0 Å².